The van der Waals surface area contributed by atoms with Crippen LogP contribution in [0.25, 0.3) is 0 Å². The number of carbonyl (C=O) groups is 1. The summed E-state index contributed by atoms with van der Waals surface area (Å²) in [6.45, 7) is 9.56. The summed E-state index contributed by atoms with van der Waals surface area (Å²) < 4.78 is 13.5. The van der Waals surface area contributed by atoms with Crippen molar-refractivity contribution in [1.29, 1.82) is 0 Å². The SMILES string of the molecule is Cc1ccc(C(C)NC(=O)CC(N)C(C)(C)C)cc1F. The Hall–Kier alpha value is -1.42. The molecule has 0 aromatic heterocycles. The standard InChI is InChI=1S/C16H25FN2O/c1-10-6-7-12(8-13(10)17)11(2)19-15(20)9-14(18)16(3,4)5/h6-8,11,14H,9,18H2,1-5H3,(H,19,20). The van der Waals surface area contributed by atoms with E-state index in [4.69, 9.17) is 5.73 Å². The van der Waals surface area contributed by atoms with Crippen molar-refractivity contribution in [2.24, 2.45) is 11.1 Å². The molecule has 112 valence electrons. The highest BCUT2D eigenvalue weighted by molar-refractivity contribution is 5.77. The lowest BCUT2D eigenvalue weighted by atomic mass is 9.85. The molecule has 0 spiro atoms. The Balaban J connectivity index is 2.64. The molecule has 4 heteroatoms. The lowest BCUT2D eigenvalue weighted by Crippen LogP contribution is -2.40. The van der Waals surface area contributed by atoms with Crippen LogP contribution in [0.1, 0.15) is 51.3 Å². The van der Waals surface area contributed by atoms with Crippen molar-refractivity contribution in [3.63, 3.8) is 0 Å². The maximum atomic E-state index is 13.5. The lowest BCUT2D eigenvalue weighted by Gasteiger charge is -2.27. The zero-order valence-electron chi connectivity index (χ0n) is 13.0. The van der Waals surface area contributed by atoms with Gasteiger partial charge in [-0.1, -0.05) is 32.9 Å². The highest BCUT2D eigenvalue weighted by Gasteiger charge is 2.23. The fourth-order valence-electron chi connectivity index (χ4n) is 1.77. The highest BCUT2D eigenvalue weighted by atomic mass is 19.1. The van der Waals surface area contributed by atoms with E-state index >= 15 is 0 Å². The van der Waals surface area contributed by atoms with Crippen LogP contribution < -0.4 is 11.1 Å². The van der Waals surface area contributed by atoms with E-state index in [1.165, 1.54) is 6.07 Å². The van der Waals surface area contributed by atoms with Crippen molar-refractivity contribution >= 4 is 5.91 Å². The summed E-state index contributed by atoms with van der Waals surface area (Å²) >= 11 is 0. The molecule has 0 saturated carbocycles. The number of amides is 1. The molecule has 0 aliphatic heterocycles. The van der Waals surface area contributed by atoms with Gasteiger partial charge in [0.05, 0.1) is 6.04 Å². The third kappa shape index (κ3) is 4.60. The Bertz CT molecular complexity index is 480. The summed E-state index contributed by atoms with van der Waals surface area (Å²) in [6.07, 6.45) is 0.266. The first-order valence-corrected chi connectivity index (χ1v) is 6.92. The van der Waals surface area contributed by atoms with E-state index in [0.717, 1.165) is 5.56 Å². The van der Waals surface area contributed by atoms with Gasteiger partial charge in [0.1, 0.15) is 5.82 Å². The summed E-state index contributed by atoms with van der Waals surface area (Å²) in [5, 5.41) is 2.86. The molecule has 0 heterocycles. The molecule has 0 fully saturated rings. The number of nitrogens with two attached hydrogens (primary N) is 1. The topological polar surface area (TPSA) is 55.1 Å². The monoisotopic (exact) mass is 280 g/mol. The molecule has 1 rings (SSSR count). The number of rotatable bonds is 4. The maximum Gasteiger partial charge on any atom is 0.222 e. The summed E-state index contributed by atoms with van der Waals surface area (Å²) in [7, 11) is 0. The summed E-state index contributed by atoms with van der Waals surface area (Å²) in [4.78, 5) is 12.0. The van der Waals surface area contributed by atoms with Crippen LogP contribution in [-0.4, -0.2) is 11.9 Å². The smallest absolute Gasteiger partial charge is 0.222 e. The highest BCUT2D eigenvalue weighted by Crippen LogP contribution is 2.21. The van der Waals surface area contributed by atoms with Crippen molar-refractivity contribution < 1.29 is 9.18 Å². The quantitative estimate of drug-likeness (QED) is 0.890. The number of hydrogen-bond donors (Lipinski definition) is 2. The first-order chi connectivity index (χ1) is 9.11. The third-order valence-electron chi connectivity index (χ3n) is 3.59. The molecule has 0 bridgehead atoms. The summed E-state index contributed by atoms with van der Waals surface area (Å²) in [6, 6.07) is 4.57. The van der Waals surface area contributed by atoms with Crippen LogP contribution in [0.4, 0.5) is 4.39 Å². The van der Waals surface area contributed by atoms with Crippen LogP contribution in [0.15, 0.2) is 18.2 Å². The van der Waals surface area contributed by atoms with Gasteiger partial charge >= 0.3 is 0 Å². The predicted octanol–water partition coefficient (Wildman–Crippen LogP) is 3.07. The van der Waals surface area contributed by atoms with Crippen LogP contribution in [-0.2, 0) is 4.79 Å². The van der Waals surface area contributed by atoms with E-state index in [9.17, 15) is 9.18 Å². The van der Waals surface area contributed by atoms with Crippen molar-refractivity contribution in [3.8, 4) is 0 Å². The first-order valence-electron chi connectivity index (χ1n) is 6.92. The molecule has 1 aromatic carbocycles. The molecule has 0 aliphatic rings. The molecule has 3 nitrogen and oxygen atoms in total. The fourth-order valence-corrected chi connectivity index (χ4v) is 1.77. The number of nitrogens with one attached hydrogen (secondary N) is 1. The molecule has 0 aliphatic carbocycles. The number of benzene rings is 1. The van der Waals surface area contributed by atoms with Crippen molar-refractivity contribution in [2.75, 3.05) is 0 Å². The van der Waals surface area contributed by atoms with Gasteiger partial charge < -0.3 is 11.1 Å². The van der Waals surface area contributed by atoms with Crippen molar-refractivity contribution in [1.82, 2.24) is 5.32 Å². The Morgan fingerprint density at radius 3 is 2.50 bits per heavy atom. The van der Waals surface area contributed by atoms with Gasteiger partial charge in [0.15, 0.2) is 0 Å². The largest absolute Gasteiger partial charge is 0.350 e. The van der Waals surface area contributed by atoms with E-state index in [1.54, 1.807) is 13.0 Å². The molecule has 1 amide bonds. The Morgan fingerprint density at radius 1 is 1.40 bits per heavy atom. The molecular formula is C16H25FN2O. The van der Waals surface area contributed by atoms with Crippen LogP contribution in [0.3, 0.4) is 0 Å². The summed E-state index contributed by atoms with van der Waals surface area (Å²) in [5.74, 6) is -0.365. The second-order valence-corrected chi connectivity index (χ2v) is 6.47. The molecular weight excluding hydrogens is 255 g/mol. The minimum Gasteiger partial charge on any atom is -0.350 e. The van der Waals surface area contributed by atoms with Gasteiger partial charge in [0, 0.05) is 12.5 Å². The first kappa shape index (κ1) is 16.6. The van der Waals surface area contributed by atoms with Gasteiger partial charge in [-0.3, -0.25) is 4.79 Å². The van der Waals surface area contributed by atoms with E-state index in [-0.39, 0.29) is 35.6 Å². The Labute approximate surface area is 120 Å². The molecule has 3 N–H and O–H groups in total. The maximum absolute atomic E-state index is 13.5. The Morgan fingerprint density at radius 2 is 2.00 bits per heavy atom. The average molecular weight is 280 g/mol. The molecule has 0 radical (unpaired) electrons. The number of carbonyl (C=O) groups excluding carboxylic acids is 1. The second kappa shape index (κ2) is 6.35. The van der Waals surface area contributed by atoms with E-state index in [1.807, 2.05) is 33.8 Å². The van der Waals surface area contributed by atoms with Crippen molar-refractivity contribution in [2.45, 2.75) is 53.1 Å². The zero-order valence-corrected chi connectivity index (χ0v) is 13.0. The van der Waals surface area contributed by atoms with Crippen molar-refractivity contribution in [3.05, 3.63) is 35.1 Å². The number of halogens is 1. The van der Waals surface area contributed by atoms with Gasteiger partial charge in [-0.25, -0.2) is 4.39 Å². The predicted molar refractivity (Wildman–Crippen MR) is 79.7 cm³/mol. The molecule has 0 saturated heterocycles. The molecule has 20 heavy (non-hydrogen) atoms. The zero-order chi connectivity index (χ0) is 15.5. The van der Waals surface area contributed by atoms with Crippen LogP contribution in [0.5, 0.6) is 0 Å². The third-order valence-corrected chi connectivity index (χ3v) is 3.59. The minimum absolute atomic E-state index is 0.110. The van der Waals surface area contributed by atoms with Crippen LogP contribution in [0, 0.1) is 18.2 Å². The van der Waals surface area contributed by atoms with Gasteiger partial charge in [-0.05, 0) is 36.5 Å². The van der Waals surface area contributed by atoms with Gasteiger partial charge in [-0.15, -0.1) is 0 Å². The average Bonchev–Trinajstić information content (AvgIpc) is 2.31. The minimum atomic E-state index is -0.255. The number of hydrogen-bond acceptors (Lipinski definition) is 2. The number of aryl methyl sites for hydroxylation is 1. The van der Waals surface area contributed by atoms with Crippen LogP contribution in [0.2, 0.25) is 0 Å². The van der Waals surface area contributed by atoms with Crippen LogP contribution >= 0.6 is 0 Å². The fraction of sp³-hybridized carbons (Fsp3) is 0.562. The lowest BCUT2D eigenvalue weighted by molar-refractivity contribution is -0.122. The molecule has 2 atom stereocenters. The van der Waals surface area contributed by atoms with Gasteiger partial charge in [0.2, 0.25) is 5.91 Å². The van der Waals surface area contributed by atoms with E-state index < -0.39 is 0 Å². The normalized spacial score (nSPS) is 14.8. The second-order valence-electron chi connectivity index (χ2n) is 6.47. The summed E-state index contributed by atoms with van der Waals surface area (Å²) in [5.41, 5.74) is 7.23. The van der Waals surface area contributed by atoms with Gasteiger partial charge in [0.25, 0.3) is 0 Å². The van der Waals surface area contributed by atoms with E-state index in [0.29, 0.717) is 5.56 Å². The van der Waals surface area contributed by atoms with E-state index in [2.05, 4.69) is 5.32 Å². The molecule has 1 aromatic rings. The Kier molecular flexibility index (Phi) is 5.28. The van der Waals surface area contributed by atoms with Gasteiger partial charge in [-0.2, -0.15) is 0 Å². The molecule has 2 unspecified atom stereocenters.